The van der Waals surface area contributed by atoms with Gasteiger partial charge in [0.25, 0.3) is 0 Å². The minimum Gasteiger partial charge on any atom is -0.508 e. The van der Waals surface area contributed by atoms with E-state index < -0.39 is 35.6 Å². The van der Waals surface area contributed by atoms with Crippen LogP contribution < -0.4 is 0 Å². The molecule has 0 aliphatic carbocycles. The number of aromatic hydroxyl groups is 1. The fourth-order valence-corrected chi connectivity index (χ4v) is 2.29. The van der Waals surface area contributed by atoms with E-state index in [1.807, 2.05) is 0 Å². The molecule has 2 rings (SSSR count). The number of carbonyl (C=O) groups excluding carboxylic acids is 4. The summed E-state index contributed by atoms with van der Waals surface area (Å²) in [7, 11) is 0. The highest BCUT2D eigenvalue weighted by molar-refractivity contribution is 5.97. The second kappa shape index (κ2) is 8.07. The Morgan fingerprint density at radius 2 is 1.85 bits per heavy atom. The van der Waals surface area contributed by atoms with Crippen LogP contribution in [-0.4, -0.2) is 52.4 Å². The van der Waals surface area contributed by atoms with Gasteiger partial charge in [-0.25, -0.2) is 14.4 Å². The summed E-state index contributed by atoms with van der Waals surface area (Å²) < 4.78 is 14.8. The molecule has 0 saturated carbocycles. The largest absolute Gasteiger partial charge is 0.508 e. The summed E-state index contributed by atoms with van der Waals surface area (Å²) in [5, 5.41) is 9.19. The van der Waals surface area contributed by atoms with Gasteiger partial charge in [-0.05, 0) is 51.5 Å². The quantitative estimate of drug-likeness (QED) is 0.479. The number of hydrogen-bond donors (Lipinski definition) is 1. The number of esters is 3. The number of nitrogens with zero attached hydrogens (tertiary/aromatic N) is 1. The molecule has 1 aliphatic rings. The van der Waals surface area contributed by atoms with Crippen molar-refractivity contribution in [1.82, 2.24) is 4.90 Å². The van der Waals surface area contributed by atoms with Crippen molar-refractivity contribution in [3.8, 4) is 5.75 Å². The third-order valence-electron chi connectivity index (χ3n) is 3.55. The molecule has 1 aromatic rings. The van der Waals surface area contributed by atoms with Crippen LogP contribution in [0.4, 0.5) is 4.79 Å². The summed E-state index contributed by atoms with van der Waals surface area (Å²) in [5.41, 5.74) is -0.653. The zero-order valence-electron chi connectivity index (χ0n) is 15.3. The molecule has 1 aliphatic heterocycles. The Morgan fingerprint density at radius 3 is 2.44 bits per heavy atom. The minimum atomic E-state index is -0.990. The van der Waals surface area contributed by atoms with E-state index in [0.717, 1.165) is 4.90 Å². The van der Waals surface area contributed by atoms with Gasteiger partial charge < -0.3 is 19.3 Å². The average molecular weight is 379 g/mol. The van der Waals surface area contributed by atoms with Gasteiger partial charge in [0.05, 0.1) is 5.56 Å². The number of rotatable bonds is 4. The summed E-state index contributed by atoms with van der Waals surface area (Å²) in [6.45, 7) is 4.79. The number of carbonyl (C=O) groups is 4. The monoisotopic (exact) mass is 379 g/mol. The standard InChI is InChI=1S/C18H21NO8/c1-18(2,3)27-17(24)19-10-25-16(23)13(19)8-9-14(21)26-15(22)11-4-6-12(20)7-5-11/h4-7,13,20H,8-10H2,1-3H3/t13-/m0/s1. The molecule has 0 aromatic heterocycles. The Kier molecular flexibility index (Phi) is 6.04. The first-order chi connectivity index (χ1) is 12.6. The van der Waals surface area contributed by atoms with Crippen LogP contribution in [0.25, 0.3) is 0 Å². The van der Waals surface area contributed by atoms with Gasteiger partial charge in [0.15, 0.2) is 6.73 Å². The molecule has 1 N–H and O–H groups in total. The Balaban J connectivity index is 1.90. The Morgan fingerprint density at radius 1 is 1.22 bits per heavy atom. The lowest BCUT2D eigenvalue weighted by atomic mass is 10.1. The second-order valence-electron chi connectivity index (χ2n) is 6.91. The van der Waals surface area contributed by atoms with Crippen molar-refractivity contribution in [3.05, 3.63) is 29.8 Å². The lowest BCUT2D eigenvalue weighted by Gasteiger charge is -2.25. The van der Waals surface area contributed by atoms with Gasteiger partial charge in [-0.3, -0.25) is 9.69 Å². The predicted molar refractivity (Wildman–Crippen MR) is 90.6 cm³/mol. The number of benzene rings is 1. The van der Waals surface area contributed by atoms with E-state index in [2.05, 4.69) is 0 Å². The van der Waals surface area contributed by atoms with Crippen LogP contribution in [0.3, 0.4) is 0 Å². The van der Waals surface area contributed by atoms with Gasteiger partial charge in [-0.1, -0.05) is 0 Å². The maximum absolute atomic E-state index is 12.1. The molecule has 1 amide bonds. The van der Waals surface area contributed by atoms with Gasteiger partial charge >= 0.3 is 24.0 Å². The van der Waals surface area contributed by atoms with Crippen LogP contribution in [-0.2, 0) is 23.8 Å². The van der Waals surface area contributed by atoms with E-state index in [1.54, 1.807) is 20.8 Å². The molecule has 1 fully saturated rings. The average Bonchev–Trinajstić information content (AvgIpc) is 2.93. The topological polar surface area (TPSA) is 119 Å². The van der Waals surface area contributed by atoms with E-state index in [4.69, 9.17) is 14.2 Å². The van der Waals surface area contributed by atoms with E-state index >= 15 is 0 Å². The van der Waals surface area contributed by atoms with Gasteiger partial charge in [-0.2, -0.15) is 0 Å². The lowest BCUT2D eigenvalue weighted by molar-refractivity contribution is -0.140. The molecule has 9 nitrogen and oxygen atoms in total. The van der Waals surface area contributed by atoms with Crippen molar-refractivity contribution in [3.63, 3.8) is 0 Å². The van der Waals surface area contributed by atoms with Crippen LogP contribution in [0.5, 0.6) is 5.75 Å². The Bertz CT molecular complexity index is 735. The van der Waals surface area contributed by atoms with Crippen LogP contribution in [0.1, 0.15) is 44.0 Å². The number of amides is 1. The van der Waals surface area contributed by atoms with Crippen LogP contribution in [0.15, 0.2) is 24.3 Å². The second-order valence-corrected chi connectivity index (χ2v) is 6.91. The van der Waals surface area contributed by atoms with Crippen LogP contribution in [0.2, 0.25) is 0 Å². The van der Waals surface area contributed by atoms with Crippen molar-refractivity contribution in [2.24, 2.45) is 0 Å². The van der Waals surface area contributed by atoms with Crippen molar-refractivity contribution in [1.29, 1.82) is 0 Å². The summed E-state index contributed by atoms with van der Waals surface area (Å²) in [6, 6.07) is 4.20. The third kappa shape index (κ3) is 5.70. The molecule has 1 aromatic carbocycles. The zero-order valence-corrected chi connectivity index (χ0v) is 15.3. The van der Waals surface area contributed by atoms with Gasteiger partial charge in [0.1, 0.15) is 17.4 Å². The number of phenols is 1. The summed E-state index contributed by atoms with van der Waals surface area (Å²) in [6.07, 6.45) is -1.07. The number of ether oxygens (including phenoxy) is 3. The fraction of sp³-hybridized carbons (Fsp3) is 0.444. The van der Waals surface area contributed by atoms with Crippen LogP contribution in [0, 0.1) is 0 Å². The van der Waals surface area contributed by atoms with Gasteiger partial charge in [0.2, 0.25) is 0 Å². The normalized spacial score (nSPS) is 16.6. The molecule has 0 bridgehead atoms. The molecule has 0 radical (unpaired) electrons. The predicted octanol–water partition coefficient (Wildman–Crippen LogP) is 1.98. The molecular weight excluding hydrogens is 358 g/mol. The van der Waals surface area contributed by atoms with Crippen molar-refractivity contribution < 1.29 is 38.5 Å². The first-order valence-corrected chi connectivity index (χ1v) is 8.27. The molecule has 27 heavy (non-hydrogen) atoms. The lowest BCUT2D eigenvalue weighted by Crippen LogP contribution is -2.41. The molecule has 1 atom stereocenters. The first kappa shape index (κ1) is 20.2. The smallest absolute Gasteiger partial charge is 0.413 e. The summed E-state index contributed by atoms with van der Waals surface area (Å²) in [5.74, 6) is -2.41. The highest BCUT2D eigenvalue weighted by Gasteiger charge is 2.40. The number of phenolic OH excluding ortho intramolecular Hbond substituents is 1. The molecule has 0 unspecified atom stereocenters. The van der Waals surface area contributed by atoms with Gasteiger partial charge in [0, 0.05) is 6.42 Å². The van der Waals surface area contributed by atoms with Crippen molar-refractivity contribution >= 4 is 24.0 Å². The summed E-state index contributed by atoms with van der Waals surface area (Å²) >= 11 is 0. The first-order valence-electron chi connectivity index (χ1n) is 8.27. The molecule has 1 saturated heterocycles. The van der Waals surface area contributed by atoms with E-state index in [9.17, 15) is 24.3 Å². The molecule has 0 spiro atoms. The Hall–Kier alpha value is -3.10. The van der Waals surface area contributed by atoms with E-state index in [0.29, 0.717) is 0 Å². The highest BCUT2D eigenvalue weighted by atomic mass is 16.6. The maximum atomic E-state index is 12.1. The SMILES string of the molecule is CC(C)(C)OC(=O)N1COC(=O)[C@@H]1CCC(=O)OC(=O)c1ccc(O)cc1. The van der Waals surface area contributed by atoms with Gasteiger partial charge in [-0.15, -0.1) is 0 Å². The molecule has 1 heterocycles. The maximum Gasteiger partial charge on any atom is 0.413 e. The number of hydrogen-bond acceptors (Lipinski definition) is 8. The Labute approximate surface area is 155 Å². The highest BCUT2D eigenvalue weighted by Crippen LogP contribution is 2.20. The van der Waals surface area contributed by atoms with E-state index in [-0.39, 0.29) is 30.9 Å². The number of cyclic esters (lactones) is 1. The molecule has 146 valence electrons. The zero-order chi connectivity index (χ0) is 20.2. The van der Waals surface area contributed by atoms with Crippen LogP contribution >= 0.6 is 0 Å². The minimum absolute atomic E-state index is 0.0279. The molecule has 9 heteroatoms. The third-order valence-corrected chi connectivity index (χ3v) is 3.55. The van der Waals surface area contributed by atoms with E-state index in [1.165, 1.54) is 24.3 Å². The summed E-state index contributed by atoms with van der Waals surface area (Å²) in [4.78, 5) is 48.8. The molecular formula is C18H21NO8. The fourth-order valence-electron chi connectivity index (χ4n) is 2.29. The van der Waals surface area contributed by atoms with Crippen molar-refractivity contribution in [2.75, 3.05) is 6.73 Å². The van der Waals surface area contributed by atoms with Crippen molar-refractivity contribution in [2.45, 2.75) is 45.3 Å².